The molecule has 0 saturated heterocycles. The molecule has 1 heterocycles. The number of methoxy groups -OCH3 is 1. The zero-order valence-electron chi connectivity index (χ0n) is 11.1. The number of rotatable bonds is 8. The molecule has 0 aromatic carbocycles. The quantitative estimate of drug-likeness (QED) is 0.554. The maximum absolute atomic E-state index is 4.99. The van der Waals surface area contributed by atoms with E-state index in [1.54, 1.807) is 7.11 Å². The summed E-state index contributed by atoms with van der Waals surface area (Å²) in [5.74, 6) is 0. The number of ether oxygens (including phenoxy) is 1. The van der Waals surface area contributed by atoms with Crippen LogP contribution >= 0.6 is 0 Å². The van der Waals surface area contributed by atoms with Crippen LogP contribution in [-0.4, -0.2) is 30.0 Å². The molecule has 0 amide bonds. The minimum Gasteiger partial charge on any atom is -0.383 e. The SMILES string of the molecule is C=C(CC)Cn1ncc(CNCCOC)c1C. The van der Waals surface area contributed by atoms with Crippen molar-refractivity contribution < 1.29 is 4.74 Å². The lowest BCUT2D eigenvalue weighted by Gasteiger charge is -2.07. The summed E-state index contributed by atoms with van der Waals surface area (Å²) < 4.78 is 7.00. The van der Waals surface area contributed by atoms with Crippen molar-refractivity contribution in [3.8, 4) is 0 Å². The smallest absolute Gasteiger partial charge is 0.0619 e. The molecule has 0 radical (unpaired) electrons. The summed E-state index contributed by atoms with van der Waals surface area (Å²) in [6, 6.07) is 0. The van der Waals surface area contributed by atoms with Crippen molar-refractivity contribution in [3.63, 3.8) is 0 Å². The van der Waals surface area contributed by atoms with Crippen molar-refractivity contribution in [1.29, 1.82) is 0 Å². The molecule has 0 fully saturated rings. The number of aromatic nitrogens is 2. The molecule has 17 heavy (non-hydrogen) atoms. The van der Waals surface area contributed by atoms with E-state index in [-0.39, 0.29) is 0 Å². The van der Waals surface area contributed by atoms with Gasteiger partial charge in [-0.1, -0.05) is 19.1 Å². The number of allylic oxidation sites excluding steroid dienone is 1. The van der Waals surface area contributed by atoms with Crippen molar-refractivity contribution >= 4 is 0 Å². The fraction of sp³-hybridized carbons (Fsp3) is 0.615. The third-order valence-corrected chi connectivity index (χ3v) is 2.88. The van der Waals surface area contributed by atoms with Gasteiger partial charge < -0.3 is 10.1 Å². The predicted molar refractivity (Wildman–Crippen MR) is 70.0 cm³/mol. The van der Waals surface area contributed by atoms with Gasteiger partial charge in [-0.15, -0.1) is 0 Å². The van der Waals surface area contributed by atoms with E-state index < -0.39 is 0 Å². The molecule has 1 N–H and O–H groups in total. The van der Waals surface area contributed by atoms with E-state index in [2.05, 4.69) is 30.8 Å². The largest absolute Gasteiger partial charge is 0.383 e. The highest BCUT2D eigenvalue weighted by Crippen LogP contribution is 2.09. The number of hydrogen-bond acceptors (Lipinski definition) is 3. The molecule has 1 rings (SSSR count). The van der Waals surface area contributed by atoms with Crippen LogP contribution in [0.5, 0.6) is 0 Å². The first-order valence-electron chi connectivity index (χ1n) is 6.06. The van der Waals surface area contributed by atoms with Crippen molar-refractivity contribution in [1.82, 2.24) is 15.1 Å². The highest BCUT2D eigenvalue weighted by molar-refractivity contribution is 5.16. The van der Waals surface area contributed by atoms with Crippen LogP contribution in [0.15, 0.2) is 18.3 Å². The van der Waals surface area contributed by atoms with Crippen LogP contribution < -0.4 is 5.32 Å². The Balaban J connectivity index is 2.49. The van der Waals surface area contributed by atoms with Crippen LogP contribution in [0.3, 0.4) is 0 Å². The van der Waals surface area contributed by atoms with Gasteiger partial charge in [-0.05, 0) is 13.3 Å². The van der Waals surface area contributed by atoms with E-state index in [0.717, 1.165) is 32.7 Å². The molecule has 1 aromatic heterocycles. The van der Waals surface area contributed by atoms with Crippen molar-refractivity contribution in [2.45, 2.75) is 33.4 Å². The predicted octanol–water partition coefficient (Wildman–Crippen LogP) is 1.89. The summed E-state index contributed by atoms with van der Waals surface area (Å²) in [6.07, 6.45) is 2.93. The zero-order chi connectivity index (χ0) is 12.7. The normalized spacial score (nSPS) is 10.8. The van der Waals surface area contributed by atoms with E-state index in [1.165, 1.54) is 16.8 Å². The van der Waals surface area contributed by atoms with Crippen LogP contribution in [0.4, 0.5) is 0 Å². The van der Waals surface area contributed by atoms with E-state index in [9.17, 15) is 0 Å². The Morgan fingerprint density at radius 3 is 3.00 bits per heavy atom. The second-order valence-corrected chi connectivity index (χ2v) is 4.19. The van der Waals surface area contributed by atoms with Crippen LogP contribution in [0.1, 0.15) is 24.6 Å². The van der Waals surface area contributed by atoms with E-state index in [1.807, 2.05) is 10.9 Å². The Morgan fingerprint density at radius 1 is 1.59 bits per heavy atom. The molecule has 0 atom stereocenters. The maximum Gasteiger partial charge on any atom is 0.0619 e. The van der Waals surface area contributed by atoms with Crippen LogP contribution in [0.25, 0.3) is 0 Å². The monoisotopic (exact) mass is 237 g/mol. The number of nitrogens with zero attached hydrogens (tertiary/aromatic N) is 2. The highest BCUT2D eigenvalue weighted by atomic mass is 16.5. The Hall–Kier alpha value is -1.13. The molecule has 0 saturated carbocycles. The van der Waals surface area contributed by atoms with Gasteiger partial charge in [-0.25, -0.2) is 0 Å². The lowest BCUT2D eigenvalue weighted by molar-refractivity contribution is 0.199. The zero-order valence-corrected chi connectivity index (χ0v) is 11.1. The second-order valence-electron chi connectivity index (χ2n) is 4.19. The van der Waals surface area contributed by atoms with Crippen LogP contribution in [0.2, 0.25) is 0 Å². The van der Waals surface area contributed by atoms with Crippen molar-refractivity contribution in [2.75, 3.05) is 20.3 Å². The lowest BCUT2D eigenvalue weighted by atomic mass is 10.2. The Labute approximate surface area is 104 Å². The summed E-state index contributed by atoms with van der Waals surface area (Å²) in [5.41, 5.74) is 3.66. The fourth-order valence-electron chi connectivity index (χ4n) is 1.54. The molecule has 0 spiro atoms. The van der Waals surface area contributed by atoms with Gasteiger partial charge in [0.15, 0.2) is 0 Å². The summed E-state index contributed by atoms with van der Waals surface area (Å²) in [6.45, 7) is 11.5. The third-order valence-electron chi connectivity index (χ3n) is 2.88. The molecular formula is C13H23N3O. The van der Waals surface area contributed by atoms with Crippen molar-refractivity contribution in [3.05, 3.63) is 29.6 Å². The summed E-state index contributed by atoms with van der Waals surface area (Å²) in [5, 5.41) is 7.71. The van der Waals surface area contributed by atoms with Gasteiger partial charge in [0.2, 0.25) is 0 Å². The summed E-state index contributed by atoms with van der Waals surface area (Å²) in [7, 11) is 1.71. The average molecular weight is 237 g/mol. The minimum atomic E-state index is 0.736. The van der Waals surface area contributed by atoms with Crippen molar-refractivity contribution in [2.24, 2.45) is 0 Å². The molecule has 1 aromatic rings. The third kappa shape index (κ3) is 4.32. The Bertz CT molecular complexity index is 358. The van der Waals surface area contributed by atoms with Crippen LogP contribution in [0, 0.1) is 6.92 Å². The van der Waals surface area contributed by atoms with E-state index >= 15 is 0 Å². The second kappa shape index (κ2) is 7.25. The van der Waals surface area contributed by atoms with Gasteiger partial charge in [0.1, 0.15) is 0 Å². The first kappa shape index (κ1) is 13.9. The van der Waals surface area contributed by atoms with E-state index in [4.69, 9.17) is 4.74 Å². The van der Waals surface area contributed by atoms with Gasteiger partial charge in [0.25, 0.3) is 0 Å². The molecule has 0 bridgehead atoms. The average Bonchev–Trinajstić information content (AvgIpc) is 2.67. The fourth-order valence-corrected chi connectivity index (χ4v) is 1.54. The molecule has 0 aliphatic heterocycles. The summed E-state index contributed by atoms with van der Waals surface area (Å²) in [4.78, 5) is 0. The maximum atomic E-state index is 4.99. The molecule has 4 nitrogen and oxygen atoms in total. The van der Waals surface area contributed by atoms with E-state index in [0.29, 0.717) is 0 Å². The minimum absolute atomic E-state index is 0.736. The molecular weight excluding hydrogens is 214 g/mol. The standard InChI is InChI=1S/C13H23N3O/c1-5-11(2)10-16-12(3)13(9-15-16)8-14-6-7-17-4/h9,14H,2,5-8,10H2,1,3-4H3. The number of hydrogen-bond donors (Lipinski definition) is 1. The molecule has 4 heteroatoms. The Kier molecular flexibility index (Phi) is 5.94. The molecule has 0 aliphatic carbocycles. The topological polar surface area (TPSA) is 39.1 Å². The summed E-state index contributed by atoms with van der Waals surface area (Å²) >= 11 is 0. The molecule has 0 unspecified atom stereocenters. The first-order valence-corrected chi connectivity index (χ1v) is 6.06. The highest BCUT2D eigenvalue weighted by Gasteiger charge is 2.06. The Morgan fingerprint density at radius 2 is 2.35 bits per heavy atom. The van der Waals surface area contributed by atoms with Gasteiger partial charge in [0.05, 0.1) is 19.3 Å². The number of nitrogens with one attached hydrogen (secondary N) is 1. The first-order chi connectivity index (χ1) is 8.19. The van der Waals surface area contributed by atoms with Gasteiger partial charge in [-0.3, -0.25) is 4.68 Å². The lowest BCUT2D eigenvalue weighted by Crippen LogP contribution is -2.18. The van der Waals surface area contributed by atoms with Gasteiger partial charge in [0, 0.05) is 31.5 Å². The van der Waals surface area contributed by atoms with Gasteiger partial charge >= 0.3 is 0 Å². The molecule has 0 aliphatic rings. The van der Waals surface area contributed by atoms with Crippen LogP contribution in [-0.2, 0) is 17.8 Å². The van der Waals surface area contributed by atoms with Gasteiger partial charge in [-0.2, -0.15) is 5.10 Å². The molecule has 96 valence electrons.